The van der Waals surface area contributed by atoms with Gasteiger partial charge in [-0.25, -0.2) is 19.2 Å². The summed E-state index contributed by atoms with van der Waals surface area (Å²) in [7, 11) is 3.13. The number of aliphatic hydroxyl groups is 1. The monoisotopic (exact) mass is 541 g/mol. The SMILES string of the molecule is CNC[C@@H](O)COc1ccc(F)c(-c2nc(CC3CCN(C(=O)OC)CC3)c(C)c(-c3c(C)noc3C)n2)c1. The lowest BCUT2D eigenvalue weighted by Gasteiger charge is -2.31. The number of aliphatic hydroxyl groups excluding tert-OH is 1. The molecule has 1 aliphatic rings. The highest BCUT2D eigenvalue weighted by atomic mass is 19.1. The van der Waals surface area contributed by atoms with Crippen LogP contribution in [0.4, 0.5) is 9.18 Å². The summed E-state index contributed by atoms with van der Waals surface area (Å²) in [5.74, 6) is 1.06. The van der Waals surface area contributed by atoms with Crippen LogP contribution in [-0.2, 0) is 11.2 Å². The zero-order chi connectivity index (χ0) is 28.1. The lowest BCUT2D eigenvalue weighted by atomic mass is 9.90. The number of benzene rings is 1. The molecular formula is C28H36FN5O5. The number of hydrogen-bond donors (Lipinski definition) is 2. The summed E-state index contributed by atoms with van der Waals surface area (Å²) in [6.45, 7) is 7.28. The number of nitrogens with zero attached hydrogens (tertiary/aromatic N) is 4. The molecule has 210 valence electrons. The third-order valence-corrected chi connectivity index (χ3v) is 7.11. The minimum atomic E-state index is -0.706. The van der Waals surface area contributed by atoms with Gasteiger partial charge in [0.25, 0.3) is 0 Å². The molecule has 2 aromatic heterocycles. The van der Waals surface area contributed by atoms with Crippen LogP contribution in [0.15, 0.2) is 22.7 Å². The first-order valence-electron chi connectivity index (χ1n) is 13.1. The first kappa shape index (κ1) is 28.4. The van der Waals surface area contributed by atoms with Crippen molar-refractivity contribution < 1.29 is 28.3 Å². The third kappa shape index (κ3) is 6.54. The number of methoxy groups -OCH3 is 1. The molecule has 0 bridgehead atoms. The van der Waals surface area contributed by atoms with E-state index in [1.54, 1.807) is 18.0 Å². The second kappa shape index (κ2) is 12.5. The summed E-state index contributed by atoms with van der Waals surface area (Å²) in [5.41, 5.74) is 3.99. The smallest absolute Gasteiger partial charge is 0.409 e. The van der Waals surface area contributed by atoms with E-state index in [0.29, 0.717) is 49.0 Å². The standard InChI is InChI=1S/C28H36FN5O5/c1-16-24(12-19-8-10-34(11-9-19)28(36)37-5)31-27(32-26(16)25-17(2)33-39-18(25)3)22-13-21(6-7-23(22)29)38-15-20(35)14-30-4/h6-7,13,19-20,30,35H,8-12,14-15H2,1-5H3/t20-/m1/s1. The summed E-state index contributed by atoms with van der Waals surface area (Å²) in [6.07, 6.45) is 1.25. The number of piperidine rings is 1. The van der Waals surface area contributed by atoms with E-state index in [9.17, 15) is 9.90 Å². The van der Waals surface area contributed by atoms with Crippen LogP contribution in [0.3, 0.4) is 0 Å². The van der Waals surface area contributed by atoms with Crippen LogP contribution in [0.5, 0.6) is 5.75 Å². The quantitative estimate of drug-likeness (QED) is 0.416. The number of ether oxygens (including phenoxy) is 2. The van der Waals surface area contributed by atoms with Crippen molar-refractivity contribution in [2.75, 3.05) is 40.4 Å². The van der Waals surface area contributed by atoms with E-state index in [4.69, 9.17) is 24.0 Å². The number of nitrogens with one attached hydrogen (secondary N) is 1. The van der Waals surface area contributed by atoms with Gasteiger partial charge in [-0.05, 0) is 76.8 Å². The van der Waals surface area contributed by atoms with Gasteiger partial charge in [0.1, 0.15) is 30.0 Å². The molecule has 1 saturated heterocycles. The van der Waals surface area contributed by atoms with Crippen molar-refractivity contribution in [3.63, 3.8) is 0 Å². The molecule has 39 heavy (non-hydrogen) atoms. The highest BCUT2D eigenvalue weighted by molar-refractivity contribution is 5.71. The highest BCUT2D eigenvalue weighted by Crippen LogP contribution is 2.34. The van der Waals surface area contributed by atoms with Crippen LogP contribution in [0.2, 0.25) is 0 Å². The number of hydrogen-bond acceptors (Lipinski definition) is 9. The van der Waals surface area contributed by atoms with Crippen molar-refractivity contribution in [3.05, 3.63) is 46.7 Å². The largest absolute Gasteiger partial charge is 0.491 e. The fraction of sp³-hybridized carbons (Fsp3) is 0.500. The molecule has 0 unspecified atom stereocenters. The summed E-state index contributed by atoms with van der Waals surface area (Å²) < 4.78 is 31.2. The van der Waals surface area contributed by atoms with Gasteiger partial charge < -0.3 is 29.3 Å². The van der Waals surface area contributed by atoms with Gasteiger partial charge in [0.05, 0.1) is 29.6 Å². The first-order valence-corrected chi connectivity index (χ1v) is 13.1. The van der Waals surface area contributed by atoms with Crippen LogP contribution in [0, 0.1) is 32.5 Å². The van der Waals surface area contributed by atoms with E-state index < -0.39 is 11.9 Å². The fourth-order valence-corrected chi connectivity index (χ4v) is 4.92. The van der Waals surface area contributed by atoms with Gasteiger partial charge in [-0.2, -0.15) is 0 Å². The van der Waals surface area contributed by atoms with E-state index in [2.05, 4.69) is 10.5 Å². The fourth-order valence-electron chi connectivity index (χ4n) is 4.92. The molecular weight excluding hydrogens is 505 g/mol. The number of amides is 1. The van der Waals surface area contributed by atoms with Crippen molar-refractivity contribution in [1.29, 1.82) is 0 Å². The second-order valence-corrected chi connectivity index (χ2v) is 9.94. The van der Waals surface area contributed by atoms with Gasteiger partial charge in [0.2, 0.25) is 0 Å². The lowest BCUT2D eigenvalue weighted by molar-refractivity contribution is 0.106. The predicted octanol–water partition coefficient (Wildman–Crippen LogP) is 3.84. The van der Waals surface area contributed by atoms with E-state index in [1.807, 2.05) is 20.8 Å². The number of aromatic nitrogens is 3. The molecule has 0 spiro atoms. The molecule has 4 rings (SSSR count). The Morgan fingerprint density at radius 1 is 1.26 bits per heavy atom. The molecule has 11 heteroatoms. The van der Waals surface area contributed by atoms with Crippen molar-refractivity contribution in [2.24, 2.45) is 5.92 Å². The van der Waals surface area contributed by atoms with Crippen molar-refractivity contribution in [2.45, 2.75) is 46.1 Å². The Kier molecular flexibility index (Phi) is 9.13. The van der Waals surface area contributed by atoms with Crippen LogP contribution >= 0.6 is 0 Å². The van der Waals surface area contributed by atoms with E-state index in [0.717, 1.165) is 29.7 Å². The maximum Gasteiger partial charge on any atom is 0.409 e. The number of rotatable bonds is 9. The maximum atomic E-state index is 15.2. The Hall–Kier alpha value is -3.57. The molecule has 0 aliphatic carbocycles. The summed E-state index contributed by atoms with van der Waals surface area (Å²) in [5, 5.41) is 17.0. The Bertz CT molecular complexity index is 1290. The third-order valence-electron chi connectivity index (χ3n) is 7.11. The Morgan fingerprint density at radius 2 is 2.00 bits per heavy atom. The molecule has 0 saturated carbocycles. The molecule has 1 aliphatic heterocycles. The summed E-state index contributed by atoms with van der Waals surface area (Å²) in [6, 6.07) is 4.39. The minimum absolute atomic E-state index is 0.0561. The van der Waals surface area contributed by atoms with E-state index in [-0.39, 0.29) is 30.0 Å². The number of likely N-dealkylation sites (tertiary alicyclic amines) is 1. The molecule has 3 heterocycles. The minimum Gasteiger partial charge on any atom is -0.491 e. The average molecular weight is 542 g/mol. The maximum absolute atomic E-state index is 15.2. The molecule has 3 aromatic rings. The lowest BCUT2D eigenvalue weighted by Crippen LogP contribution is -2.38. The number of aryl methyl sites for hydroxylation is 2. The Morgan fingerprint density at radius 3 is 2.64 bits per heavy atom. The zero-order valence-electron chi connectivity index (χ0n) is 23.1. The van der Waals surface area contributed by atoms with Crippen molar-refractivity contribution in [1.82, 2.24) is 25.3 Å². The second-order valence-electron chi connectivity index (χ2n) is 9.94. The molecule has 2 N–H and O–H groups in total. The normalized spacial score (nSPS) is 14.9. The van der Waals surface area contributed by atoms with Gasteiger partial charge in [-0.3, -0.25) is 0 Å². The number of halogens is 1. The number of carbonyl (C=O) groups excluding carboxylic acids is 1. The molecule has 1 atom stereocenters. The highest BCUT2D eigenvalue weighted by Gasteiger charge is 2.27. The topological polar surface area (TPSA) is 123 Å². The van der Waals surface area contributed by atoms with Crippen LogP contribution in [-0.4, -0.2) is 77.7 Å². The molecule has 1 amide bonds. The van der Waals surface area contributed by atoms with Gasteiger partial charge >= 0.3 is 6.09 Å². The van der Waals surface area contributed by atoms with Gasteiger partial charge in [0, 0.05) is 25.3 Å². The Labute approximate surface area is 227 Å². The van der Waals surface area contributed by atoms with Crippen LogP contribution in [0.1, 0.15) is 35.6 Å². The van der Waals surface area contributed by atoms with Gasteiger partial charge in [0.15, 0.2) is 5.82 Å². The van der Waals surface area contributed by atoms with Crippen LogP contribution in [0.25, 0.3) is 22.6 Å². The van der Waals surface area contributed by atoms with Crippen LogP contribution < -0.4 is 10.1 Å². The molecule has 10 nitrogen and oxygen atoms in total. The van der Waals surface area contributed by atoms with Crippen molar-refractivity contribution >= 4 is 6.09 Å². The van der Waals surface area contributed by atoms with Gasteiger partial charge in [-0.1, -0.05) is 5.16 Å². The molecule has 1 aromatic carbocycles. The van der Waals surface area contributed by atoms with E-state index in [1.165, 1.54) is 19.2 Å². The predicted molar refractivity (Wildman–Crippen MR) is 143 cm³/mol. The first-order chi connectivity index (χ1) is 18.7. The van der Waals surface area contributed by atoms with Crippen molar-refractivity contribution in [3.8, 4) is 28.4 Å². The Balaban J connectivity index is 1.70. The summed E-state index contributed by atoms with van der Waals surface area (Å²) in [4.78, 5) is 23.3. The number of likely N-dealkylation sites (N-methyl/N-ethyl adjacent to an activating group) is 1. The average Bonchev–Trinajstić information content (AvgIpc) is 3.27. The molecule has 1 fully saturated rings. The number of carbonyl (C=O) groups is 1. The van der Waals surface area contributed by atoms with Gasteiger partial charge in [-0.15, -0.1) is 0 Å². The zero-order valence-corrected chi connectivity index (χ0v) is 23.1. The van der Waals surface area contributed by atoms with E-state index >= 15 is 4.39 Å². The summed E-state index contributed by atoms with van der Waals surface area (Å²) >= 11 is 0. The molecule has 0 radical (unpaired) electrons.